The predicted molar refractivity (Wildman–Crippen MR) is 96.0 cm³/mol. The monoisotopic (exact) mass is 320 g/mol. The molecule has 0 fully saturated rings. The maximum atomic E-state index is 12.9. The quantitative estimate of drug-likeness (QED) is 0.806. The van der Waals surface area contributed by atoms with Crippen molar-refractivity contribution in [2.45, 2.75) is 19.9 Å². The Hall–Kier alpha value is -2.88. The molecule has 0 radical (unpaired) electrons. The van der Waals surface area contributed by atoms with Crippen molar-refractivity contribution in [3.63, 3.8) is 0 Å². The number of carbonyl (C=O) groups is 1. The van der Waals surface area contributed by atoms with Crippen LogP contribution in [0.3, 0.4) is 0 Å². The second-order valence-corrected chi connectivity index (χ2v) is 6.07. The van der Waals surface area contributed by atoms with E-state index in [4.69, 9.17) is 0 Å². The second-order valence-electron chi connectivity index (χ2n) is 6.07. The molecule has 122 valence electrons. The Morgan fingerprint density at radius 1 is 1.08 bits per heavy atom. The highest BCUT2D eigenvalue weighted by Crippen LogP contribution is 2.23. The number of hydrogen-bond donors (Lipinski definition) is 1. The zero-order valence-corrected chi connectivity index (χ0v) is 14.0. The Labute approximate surface area is 140 Å². The average Bonchev–Trinajstić information content (AvgIpc) is 2.56. The number of carbonyl (C=O) groups excluding carboxylic acids is 1. The van der Waals surface area contributed by atoms with E-state index in [1.807, 2.05) is 61.5 Å². The highest BCUT2D eigenvalue weighted by Gasteiger charge is 2.20. The third-order valence-corrected chi connectivity index (χ3v) is 4.20. The molecule has 3 aromatic rings. The van der Waals surface area contributed by atoms with Gasteiger partial charge >= 0.3 is 0 Å². The first kappa shape index (κ1) is 16.0. The Bertz CT molecular complexity index is 959. The molecule has 0 saturated carbocycles. The van der Waals surface area contributed by atoms with Gasteiger partial charge in [-0.3, -0.25) is 9.59 Å². The molecule has 0 saturated heterocycles. The van der Waals surface area contributed by atoms with Gasteiger partial charge < -0.3 is 9.88 Å². The lowest BCUT2D eigenvalue weighted by atomic mass is 9.97. The maximum absolute atomic E-state index is 12.9. The minimum absolute atomic E-state index is 0.103. The molecule has 1 amide bonds. The molecule has 1 N–H and O–H groups in total. The van der Waals surface area contributed by atoms with Crippen molar-refractivity contribution < 1.29 is 4.79 Å². The van der Waals surface area contributed by atoms with Gasteiger partial charge in [-0.2, -0.15) is 0 Å². The van der Waals surface area contributed by atoms with E-state index in [0.717, 1.165) is 22.0 Å². The zero-order valence-electron chi connectivity index (χ0n) is 14.0. The van der Waals surface area contributed by atoms with Crippen LogP contribution in [0.2, 0.25) is 0 Å². The van der Waals surface area contributed by atoms with Gasteiger partial charge in [0.2, 0.25) is 5.91 Å². The molecule has 0 bridgehead atoms. The van der Waals surface area contributed by atoms with Crippen molar-refractivity contribution in [3.05, 3.63) is 81.6 Å². The molecule has 24 heavy (non-hydrogen) atoms. The molecule has 0 spiro atoms. The topological polar surface area (TPSA) is 51.1 Å². The molecule has 2 aromatic carbocycles. The summed E-state index contributed by atoms with van der Waals surface area (Å²) in [6, 6.07) is 17.0. The third-order valence-electron chi connectivity index (χ3n) is 4.20. The first-order chi connectivity index (χ1) is 11.5. The summed E-state index contributed by atoms with van der Waals surface area (Å²) in [6.07, 6.45) is 0. The van der Waals surface area contributed by atoms with E-state index in [1.165, 1.54) is 6.92 Å². The van der Waals surface area contributed by atoms with Crippen LogP contribution in [0.1, 0.15) is 29.7 Å². The first-order valence-electron chi connectivity index (χ1n) is 7.89. The number of aryl methyl sites for hydroxylation is 2. The SMILES string of the molecule is CC(=O)NC(c1ccccc1)c1cc2cc(C)ccc2n(C)c1=O. The molecule has 0 aliphatic heterocycles. The van der Waals surface area contributed by atoms with Crippen molar-refractivity contribution >= 4 is 16.8 Å². The molecule has 0 aliphatic carbocycles. The van der Waals surface area contributed by atoms with E-state index in [0.29, 0.717) is 5.56 Å². The number of pyridine rings is 1. The largest absolute Gasteiger partial charge is 0.345 e. The zero-order chi connectivity index (χ0) is 17.3. The molecule has 0 aliphatic rings. The third kappa shape index (κ3) is 2.95. The van der Waals surface area contributed by atoms with Crippen LogP contribution in [0, 0.1) is 6.92 Å². The molecule has 4 heteroatoms. The van der Waals surface area contributed by atoms with Crippen LogP contribution in [0.4, 0.5) is 0 Å². The standard InChI is InChI=1S/C20H20N2O2/c1-13-9-10-18-16(11-13)12-17(20(24)22(18)3)19(21-14(2)23)15-7-5-4-6-8-15/h4-12,19H,1-3H3,(H,21,23). The summed E-state index contributed by atoms with van der Waals surface area (Å²) in [6.45, 7) is 3.48. The average molecular weight is 320 g/mol. The molecule has 1 heterocycles. The predicted octanol–water partition coefficient (Wildman–Crippen LogP) is 3.07. The Balaban J connectivity index is 2.26. The van der Waals surface area contributed by atoms with Crippen LogP contribution in [-0.4, -0.2) is 10.5 Å². The number of nitrogens with zero attached hydrogens (tertiary/aromatic N) is 1. The van der Waals surface area contributed by atoms with E-state index >= 15 is 0 Å². The summed E-state index contributed by atoms with van der Waals surface area (Å²) in [7, 11) is 1.76. The van der Waals surface area contributed by atoms with Gasteiger partial charge in [0.05, 0.1) is 11.6 Å². The van der Waals surface area contributed by atoms with Crippen molar-refractivity contribution in [3.8, 4) is 0 Å². The van der Waals surface area contributed by atoms with E-state index < -0.39 is 6.04 Å². The van der Waals surface area contributed by atoms with Crippen LogP contribution in [0.25, 0.3) is 10.9 Å². The highest BCUT2D eigenvalue weighted by atomic mass is 16.1. The summed E-state index contributed by atoms with van der Waals surface area (Å²) in [5.41, 5.74) is 3.36. The van der Waals surface area contributed by atoms with Crippen LogP contribution < -0.4 is 10.9 Å². The fourth-order valence-corrected chi connectivity index (χ4v) is 3.02. The molecular weight excluding hydrogens is 300 g/mol. The number of fused-ring (bicyclic) bond motifs is 1. The van der Waals surface area contributed by atoms with Gasteiger partial charge in [-0.15, -0.1) is 0 Å². The van der Waals surface area contributed by atoms with Gasteiger partial charge in [0.15, 0.2) is 0 Å². The molecule has 3 rings (SSSR count). The van der Waals surface area contributed by atoms with Gasteiger partial charge in [-0.1, -0.05) is 42.0 Å². The lowest BCUT2D eigenvalue weighted by molar-refractivity contribution is -0.119. The first-order valence-corrected chi connectivity index (χ1v) is 7.89. The fraction of sp³-hybridized carbons (Fsp3) is 0.200. The smallest absolute Gasteiger partial charge is 0.256 e. The molecular formula is C20H20N2O2. The van der Waals surface area contributed by atoms with Crippen molar-refractivity contribution in [1.29, 1.82) is 0 Å². The number of amides is 1. The lowest BCUT2D eigenvalue weighted by Crippen LogP contribution is -2.33. The molecule has 4 nitrogen and oxygen atoms in total. The summed E-state index contributed by atoms with van der Waals surface area (Å²) in [4.78, 5) is 24.6. The molecule has 1 unspecified atom stereocenters. The molecule has 1 aromatic heterocycles. The number of benzene rings is 2. The highest BCUT2D eigenvalue weighted by molar-refractivity contribution is 5.81. The van der Waals surface area contributed by atoms with Gasteiger partial charge in [-0.25, -0.2) is 0 Å². The van der Waals surface area contributed by atoms with E-state index in [-0.39, 0.29) is 11.5 Å². The minimum atomic E-state index is -0.465. The van der Waals surface area contributed by atoms with Crippen molar-refractivity contribution in [2.75, 3.05) is 0 Å². The number of rotatable bonds is 3. The van der Waals surface area contributed by atoms with Gasteiger partial charge in [-0.05, 0) is 36.1 Å². The van der Waals surface area contributed by atoms with Crippen LogP contribution >= 0.6 is 0 Å². The summed E-state index contributed by atoms with van der Waals surface area (Å²) >= 11 is 0. The van der Waals surface area contributed by atoms with E-state index in [2.05, 4.69) is 5.32 Å². The Kier molecular flexibility index (Phi) is 4.21. The Morgan fingerprint density at radius 2 is 1.79 bits per heavy atom. The maximum Gasteiger partial charge on any atom is 0.256 e. The number of hydrogen-bond acceptors (Lipinski definition) is 2. The normalized spacial score (nSPS) is 12.1. The van der Waals surface area contributed by atoms with Gasteiger partial charge in [0.25, 0.3) is 5.56 Å². The van der Waals surface area contributed by atoms with E-state index in [1.54, 1.807) is 11.6 Å². The molecule has 1 atom stereocenters. The number of aromatic nitrogens is 1. The van der Waals surface area contributed by atoms with Crippen LogP contribution in [0.15, 0.2) is 59.4 Å². The lowest BCUT2D eigenvalue weighted by Gasteiger charge is -2.20. The van der Waals surface area contributed by atoms with Crippen molar-refractivity contribution in [1.82, 2.24) is 9.88 Å². The van der Waals surface area contributed by atoms with Crippen molar-refractivity contribution in [2.24, 2.45) is 7.05 Å². The minimum Gasteiger partial charge on any atom is -0.345 e. The van der Waals surface area contributed by atoms with Crippen LogP contribution in [-0.2, 0) is 11.8 Å². The Morgan fingerprint density at radius 3 is 2.46 bits per heavy atom. The second kappa shape index (κ2) is 6.32. The van der Waals surface area contributed by atoms with Crippen LogP contribution in [0.5, 0.6) is 0 Å². The summed E-state index contributed by atoms with van der Waals surface area (Å²) < 4.78 is 1.64. The summed E-state index contributed by atoms with van der Waals surface area (Å²) in [5, 5.41) is 3.89. The fourth-order valence-electron chi connectivity index (χ4n) is 3.02. The number of nitrogens with one attached hydrogen (secondary N) is 1. The van der Waals surface area contributed by atoms with Gasteiger partial charge in [0.1, 0.15) is 0 Å². The van der Waals surface area contributed by atoms with Gasteiger partial charge in [0, 0.05) is 19.5 Å². The summed E-state index contributed by atoms with van der Waals surface area (Å²) in [5.74, 6) is -0.171. The van der Waals surface area contributed by atoms with E-state index in [9.17, 15) is 9.59 Å².